The third-order valence-corrected chi connectivity index (χ3v) is 4.45. The molecule has 1 aliphatic rings. The minimum atomic E-state index is 0.697. The molecule has 2 atom stereocenters. The van der Waals surface area contributed by atoms with Crippen molar-refractivity contribution in [2.75, 3.05) is 6.61 Å². The second-order valence-corrected chi connectivity index (χ2v) is 6.55. The Kier molecular flexibility index (Phi) is 7.08. The summed E-state index contributed by atoms with van der Waals surface area (Å²) in [4.78, 5) is 0. The normalized spacial score (nSPS) is 22.2. The summed E-state index contributed by atoms with van der Waals surface area (Å²) in [6.07, 6.45) is 9.08. The van der Waals surface area contributed by atoms with E-state index in [-0.39, 0.29) is 0 Å². The average molecular weight is 289 g/mol. The van der Waals surface area contributed by atoms with E-state index in [0.717, 1.165) is 31.2 Å². The lowest BCUT2D eigenvalue weighted by Crippen LogP contribution is -2.33. The fourth-order valence-electron chi connectivity index (χ4n) is 3.17. The Morgan fingerprint density at radius 3 is 2.95 bits per heavy atom. The predicted octanol–water partition coefficient (Wildman–Crippen LogP) is 4.92. The van der Waals surface area contributed by atoms with Gasteiger partial charge >= 0.3 is 0 Å². The van der Waals surface area contributed by atoms with E-state index in [1.54, 1.807) is 0 Å². The molecule has 1 fully saturated rings. The van der Waals surface area contributed by atoms with E-state index in [4.69, 9.17) is 4.74 Å². The van der Waals surface area contributed by atoms with Crippen LogP contribution in [0.2, 0.25) is 0 Å². The van der Waals surface area contributed by atoms with Crippen LogP contribution in [0.15, 0.2) is 24.3 Å². The van der Waals surface area contributed by atoms with Gasteiger partial charge in [0.25, 0.3) is 0 Å². The van der Waals surface area contributed by atoms with Crippen LogP contribution >= 0.6 is 0 Å². The van der Waals surface area contributed by atoms with E-state index in [9.17, 15) is 0 Å². The van der Waals surface area contributed by atoms with Crippen LogP contribution in [-0.4, -0.2) is 12.6 Å². The molecular weight excluding hydrogens is 258 g/mol. The molecule has 1 N–H and O–H groups in total. The SMILES string of the molecule is CCCCCOc1cccc(CNC2CCCC(C)C2)c1. The molecule has 0 amide bonds. The molecule has 0 aliphatic heterocycles. The molecule has 0 spiro atoms. The summed E-state index contributed by atoms with van der Waals surface area (Å²) in [5, 5.41) is 3.72. The molecule has 1 aromatic rings. The first-order chi connectivity index (χ1) is 10.3. The molecule has 0 bridgehead atoms. The molecule has 0 heterocycles. The van der Waals surface area contributed by atoms with E-state index in [1.807, 2.05) is 0 Å². The molecule has 0 aromatic heterocycles. The van der Waals surface area contributed by atoms with E-state index < -0.39 is 0 Å². The molecule has 1 aromatic carbocycles. The molecule has 1 saturated carbocycles. The highest BCUT2D eigenvalue weighted by atomic mass is 16.5. The van der Waals surface area contributed by atoms with Gasteiger partial charge < -0.3 is 10.1 Å². The van der Waals surface area contributed by atoms with Gasteiger partial charge in [-0.2, -0.15) is 0 Å². The van der Waals surface area contributed by atoms with Crippen molar-refractivity contribution in [3.05, 3.63) is 29.8 Å². The summed E-state index contributed by atoms with van der Waals surface area (Å²) < 4.78 is 5.83. The van der Waals surface area contributed by atoms with Gasteiger partial charge in [-0.1, -0.05) is 51.7 Å². The number of hydrogen-bond donors (Lipinski definition) is 1. The maximum absolute atomic E-state index is 5.83. The first-order valence-electron chi connectivity index (χ1n) is 8.73. The lowest BCUT2D eigenvalue weighted by Gasteiger charge is -2.27. The van der Waals surface area contributed by atoms with Gasteiger partial charge in [0.1, 0.15) is 5.75 Å². The molecule has 2 rings (SSSR count). The van der Waals surface area contributed by atoms with Gasteiger partial charge in [-0.05, 0) is 42.9 Å². The second kappa shape index (κ2) is 9.09. The van der Waals surface area contributed by atoms with E-state index in [1.165, 1.54) is 44.1 Å². The lowest BCUT2D eigenvalue weighted by molar-refractivity contribution is 0.298. The van der Waals surface area contributed by atoms with Gasteiger partial charge in [0.2, 0.25) is 0 Å². The smallest absolute Gasteiger partial charge is 0.119 e. The van der Waals surface area contributed by atoms with Crippen LogP contribution in [0.4, 0.5) is 0 Å². The summed E-state index contributed by atoms with van der Waals surface area (Å²) in [5.74, 6) is 1.90. The summed E-state index contributed by atoms with van der Waals surface area (Å²) in [6, 6.07) is 9.25. The van der Waals surface area contributed by atoms with Crippen molar-refractivity contribution in [1.29, 1.82) is 0 Å². The van der Waals surface area contributed by atoms with Crippen LogP contribution in [0.5, 0.6) is 5.75 Å². The summed E-state index contributed by atoms with van der Waals surface area (Å²) in [7, 11) is 0. The van der Waals surface area contributed by atoms with Gasteiger partial charge in [-0.3, -0.25) is 0 Å². The number of rotatable bonds is 8. The maximum atomic E-state index is 5.83. The van der Waals surface area contributed by atoms with Crippen molar-refractivity contribution in [3.63, 3.8) is 0 Å². The van der Waals surface area contributed by atoms with Crippen LogP contribution in [0.3, 0.4) is 0 Å². The Labute approximate surface area is 130 Å². The Bertz CT molecular complexity index is 404. The zero-order chi connectivity index (χ0) is 14.9. The fourth-order valence-corrected chi connectivity index (χ4v) is 3.17. The molecule has 0 radical (unpaired) electrons. The quantitative estimate of drug-likeness (QED) is 0.686. The van der Waals surface area contributed by atoms with Crippen LogP contribution in [0, 0.1) is 5.92 Å². The zero-order valence-electron chi connectivity index (χ0n) is 13.7. The van der Waals surface area contributed by atoms with E-state index in [0.29, 0.717) is 6.04 Å². The summed E-state index contributed by atoms with van der Waals surface area (Å²) >= 11 is 0. The Hall–Kier alpha value is -1.02. The van der Waals surface area contributed by atoms with Gasteiger partial charge in [0.15, 0.2) is 0 Å². The summed E-state index contributed by atoms with van der Waals surface area (Å²) in [6.45, 7) is 6.39. The van der Waals surface area contributed by atoms with Crippen LogP contribution in [0.25, 0.3) is 0 Å². The zero-order valence-corrected chi connectivity index (χ0v) is 13.7. The van der Waals surface area contributed by atoms with Gasteiger partial charge in [-0.15, -0.1) is 0 Å². The Balaban J connectivity index is 1.75. The number of ether oxygens (including phenoxy) is 1. The third kappa shape index (κ3) is 6.09. The van der Waals surface area contributed by atoms with Crippen LogP contribution in [0.1, 0.15) is 64.4 Å². The Morgan fingerprint density at radius 2 is 2.14 bits per heavy atom. The van der Waals surface area contributed by atoms with E-state index >= 15 is 0 Å². The molecule has 118 valence electrons. The second-order valence-electron chi connectivity index (χ2n) is 6.55. The minimum absolute atomic E-state index is 0.697. The van der Waals surface area contributed by atoms with Crippen molar-refractivity contribution in [3.8, 4) is 5.75 Å². The van der Waals surface area contributed by atoms with Gasteiger partial charge in [-0.25, -0.2) is 0 Å². The van der Waals surface area contributed by atoms with Crippen LogP contribution in [-0.2, 0) is 6.54 Å². The van der Waals surface area contributed by atoms with Crippen molar-refractivity contribution in [1.82, 2.24) is 5.32 Å². The predicted molar refractivity (Wildman–Crippen MR) is 89.7 cm³/mol. The van der Waals surface area contributed by atoms with Crippen molar-refractivity contribution >= 4 is 0 Å². The first kappa shape index (κ1) is 16.4. The van der Waals surface area contributed by atoms with Crippen molar-refractivity contribution < 1.29 is 4.74 Å². The van der Waals surface area contributed by atoms with E-state index in [2.05, 4.69) is 43.4 Å². The van der Waals surface area contributed by atoms with Gasteiger partial charge in [0, 0.05) is 12.6 Å². The molecule has 2 unspecified atom stereocenters. The maximum Gasteiger partial charge on any atom is 0.119 e. The highest BCUT2D eigenvalue weighted by Crippen LogP contribution is 2.24. The number of nitrogens with one attached hydrogen (secondary N) is 1. The minimum Gasteiger partial charge on any atom is -0.494 e. The monoisotopic (exact) mass is 289 g/mol. The molecule has 2 nitrogen and oxygen atoms in total. The molecular formula is C19H31NO. The first-order valence-corrected chi connectivity index (χ1v) is 8.73. The van der Waals surface area contributed by atoms with Crippen molar-refractivity contribution in [2.45, 2.75) is 71.4 Å². The van der Waals surface area contributed by atoms with Crippen LogP contribution < -0.4 is 10.1 Å². The number of hydrogen-bond acceptors (Lipinski definition) is 2. The Morgan fingerprint density at radius 1 is 1.24 bits per heavy atom. The molecule has 0 saturated heterocycles. The molecule has 21 heavy (non-hydrogen) atoms. The third-order valence-electron chi connectivity index (χ3n) is 4.45. The highest BCUT2D eigenvalue weighted by molar-refractivity contribution is 5.28. The highest BCUT2D eigenvalue weighted by Gasteiger charge is 2.17. The summed E-state index contributed by atoms with van der Waals surface area (Å²) in [5.41, 5.74) is 1.33. The van der Waals surface area contributed by atoms with Gasteiger partial charge in [0.05, 0.1) is 6.61 Å². The van der Waals surface area contributed by atoms with Crippen molar-refractivity contribution in [2.24, 2.45) is 5.92 Å². The largest absolute Gasteiger partial charge is 0.494 e. The fraction of sp³-hybridized carbons (Fsp3) is 0.684. The topological polar surface area (TPSA) is 21.3 Å². The molecule has 1 aliphatic carbocycles. The standard InChI is InChI=1S/C19H31NO/c1-3-4-5-12-21-19-11-7-9-17(14-19)15-20-18-10-6-8-16(2)13-18/h7,9,11,14,16,18,20H,3-6,8,10,12-13,15H2,1-2H3. The molecule has 2 heteroatoms. The lowest BCUT2D eigenvalue weighted by atomic mass is 9.87. The number of unbranched alkanes of at least 4 members (excludes halogenated alkanes) is 2. The number of benzene rings is 1. The average Bonchev–Trinajstić information content (AvgIpc) is 2.50.